The predicted molar refractivity (Wildman–Crippen MR) is 120 cm³/mol. The van der Waals surface area contributed by atoms with Gasteiger partial charge in [-0.15, -0.1) is 0 Å². The van der Waals surface area contributed by atoms with Gasteiger partial charge in [-0.2, -0.15) is 0 Å². The highest BCUT2D eigenvalue weighted by Gasteiger charge is 2.27. The first kappa shape index (κ1) is 21.4. The van der Waals surface area contributed by atoms with Crippen LogP contribution in [0.1, 0.15) is 43.4 Å². The summed E-state index contributed by atoms with van der Waals surface area (Å²) in [7, 11) is 0. The fourth-order valence-electron chi connectivity index (χ4n) is 4.21. The molecular formula is C25H36N3O+. The van der Waals surface area contributed by atoms with Gasteiger partial charge in [-0.1, -0.05) is 42.0 Å². The van der Waals surface area contributed by atoms with E-state index in [1.165, 1.54) is 22.4 Å². The second kappa shape index (κ2) is 10.4. The molecule has 1 fully saturated rings. The van der Waals surface area contributed by atoms with Crippen LogP contribution in [0.15, 0.2) is 48.5 Å². The van der Waals surface area contributed by atoms with Gasteiger partial charge >= 0.3 is 0 Å². The number of hydrogen-bond donors (Lipinski definition) is 2. The van der Waals surface area contributed by atoms with Crippen LogP contribution in [0.5, 0.6) is 0 Å². The van der Waals surface area contributed by atoms with Gasteiger partial charge in [-0.05, 0) is 38.5 Å². The molecule has 0 bridgehead atoms. The van der Waals surface area contributed by atoms with Crippen LogP contribution in [-0.4, -0.2) is 32.1 Å². The van der Waals surface area contributed by atoms with Crippen LogP contribution < -0.4 is 15.1 Å². The molecule has 1 heterocycles. The first-order chi connectivity index (χ1) is 14.1. The van der Waals surface area contributed by atoms with Gasteiger partial charge in [0.1, 0.15) is 6.54 Å². The molecule has 4 heteroatoms. The number of anilines is 1. The Labute approximate surface area is 175 Å². The van der Waals surface area contributed by atoms with Crippen molar-refractivity contribution < 1.29 is 9.69 Å². The second-order valence-corrected chi connectivity index (χ2v) is 8.24. The number of benzene rings is 2. The lowest BCUT2D eigenvalue weighted by molar-refractivity contribution is -0.919. The minimum Gasteiger partial charge on any atom is -0.372 e. The number of likely N-dealkylation sites (tertiary alicyclic amines) is 1. The van der Waals surface area contributed by atoms with E-state index < -0.39 is 0 Å². The summed E-state index contributed by atoms with van der Waals surface area (Å²) >= 11 is 0. The Hall–Kier alpha value is -2.33. The number of aryl methyl sites for hydroxylation is 1. The maximum atomic E-state index is 12.5. The maximum absolute atomic E-state index is 12.5. The Balaban J connectivity index is 1.42. The molecule has 0 spiro atoms. The lowest BCUT2D eigenvalue weighted by Gasteiger charge is -2.29. The van der Waals surface area contributed by atoms with E-state index in [2.05, 4.69) is 79.5 Å². The molecule has 2 aromatic carbocycles. The number of carbonyl (C=O) groups excluding carboxylic acids is 1. The molecule has 29 heavy (non-hydrogen) atoms. The molecule has 2 N–H and O–H groups in total. The summed E-state index contributed by atoms with van der Waals surface area (Å²) in [6.45, 7) is 12.4. The van der Waals surface area contributed by atoms with Gasteiger partial charge in [-0.25, -0.2) is 0 Å². The second-order valence-electron chi connectivity index (χ2n) is 8.24. The number of rotatable bonds is 8. The largest absolute Gasteiger partial charge is 0.372 e. The summed E-state index contributed by atoms with van der Waals surface area (Å²) in [5.41, 5.74) is 5.11. The molecule has 0 saturated carbocycles. The predicted octanol–water partition coefficient (Wildman–Crippen LogP) is 2.95. The van der Waals surface area contributed by atoms with Gasteiger partial charge in [0.25, 0.3) is 0 Å². The molecule has 2 aromatic rings. The topological polar surface area (TPSA) is 36.8 Å². The monoisotopic (exact) mass is 394 g/mol. The standard InChI is InChI=1S/C25H35N3O/c1-4-28(5-2)24-12-10-22(11-13-24)19-27-16-14-23(15-17-27)25(29)26-18-21-8-6-20(3)7-9-21/h6-13,23H,4-5,14-19H2,1-3H3,(H,26,29)/p+1. The Morgan fingerprint density at radius 3 is 2.14 bits per heavy atom. The van der Waals surface area contributed by atoms with Crippen molar-refractivity contribution in [2.75, 3.05) is 31.1 Å². The Morgan fingerprint density at radius 2 is 1.55 bits per heavy atom. The maximum Gasteiger partial charge on any atom is 0.223 e. The summed E-state index contributed by atoms with van der Waals surface area (Å²) < 4.78 is 0. The fourth-order valence-corrected chi connectivity index (χ4v) is 4.21. The molecule has 0 atom stereocenters. The molecule has 1 saturated heterocycles. The molecule has 3 rings (SSSR count). The van der Waals surface area contributed by atoms with Crippen LogP contribution in [-0.2, 0) is 17.9 Å². The van der Waals surface area contributed by atoms with E-state index in [1.807, 2.05) is 0 Å². The zero-order chi connectivity index (χ0) is 20.6. The van der Waals surface area contributed by atoms with E-state index in [4.69, 9.17) is 0 Å². The molecule has 4 nitrogen and oxygen atoms in total. The van der Waals surface area contributed by atoms with Crippen molar-refractivity contribution in [3.63, 3.8) is 0 Å². The van der Waals surface area contributed by atoms with Crippen molar-refractivity contribution in [2.24, 2.45) is 5.92 Å². The normalized spacial score (nSPS) is 19.0. The molecule has 0 radical (unpaired) electrons. The number of quaternary nitrogens is 1. The third kappa shape index (κ3) is 6.07. The molecule has 1 aliphatic rings. The van der Waals surface area contributed by atoms with E-state index >= 15 is 0 Å². The van der Waals surface area contributed by atoms with Gasteiger partial charge in [0, 0.05) is 49.6 Å². The summed E-state index contributed by atoms with van der Waals surface area (Å²) in [6, 6.07) is 17.4. The average molecular weight is 395 g/mol. The molecule has 1 amide bonds. The van der Waals surface area contributed by atoms with Crippen LogP contribution in [0.2, 0.25) is 0 Å². The number of amides is 1. The van der Waals surface area contributed by atoms with E-state index in [-0.39, 0.29) is 11.8 Å². The van der Waals surface area contributed by atoms with Crippen LogP contribution in [0.3, 0.4) is 0 Å². The first-order valence-electron chi connectivity index (χ1n) is 11.1. The number of piperidine rings is 1. The summed E-state index contributed by atoms with van der Waals surface area (Å²) in [5, 5.41) is 3.13. The highest BCUT2D eigenvalue weighted by Crippen LogP contribution is 2.15. The van der Waals surface area contributed by atoms with Gasteiger partial charge < -0.3 is 15.1 Å². The van der Waals surface area contributed by atoms with E-state index in [1.54, 1.807) is 4.90 Å². The van der Waals surface area contributed by atoms with E-state index in [0.717, 1.165) is 45.6 Å². The average Bonchev–Trinajstić information content (AvgIpc) is 2.76. The number of nitrogens with one attached hydrogen (secondary N) is 2. The molecule has 0 unspecified atom stereocenters. The molecular weight excluding hydrogens is 358 g/mol. The first-order valence-corrected chi connectivity index (χ1v) is 11.1. The van der Waals surface area contributed by atoms with E-state index in [0.29, 0.717) is 6.54 Å². The van der Waals surface area contributed by atoms with Gasteiger partial charge in [0.05, 0.1) is 13.1 Å². The highest BCUT2D eigenvalue weighted by atomic mass is 16.1. The Bertz CT molecular complexity index is 758. The van der Waals surface area contributed by atoms with Crippen molar-refractivity contribution >= 4 is 11.6 Å². The van der Waals surface area contributed by atoms with Crippen molar-refractivity contribution in [1.29, 1.82) is 0 Å². The number of carbonyl (C=O) groups is 1. The van der Waals surface area contributed by atoms with Crippen LogP contribution >= 0.6 is 0 Å². The van der Waals surface area contributed by atoms with Gasteiger partial charge in [-0.3, -0.25) is 4.79 Å². The number of nitrogens with zero attached hydrogens (tertiary/aromatic N) is 1. The van der Waals surface area contributed by atoms with Gasteiger partial charge in [0.2, 0.25) is 5.91 Å². The molecule has 1 aliphatic heterocycles. The zero-order valence-electron chi connectivity index (χ0n) is 18.2. The van der Waals surface area contributed by atoms with Crippen LogP contribution in [0, 0.1) is 12.8 Å². The highest BCUT2D eigenvalue weighted by molar-refractivity contribution is 5.78. The van der Waals surface area contributed by atoms with Crippen molar-refractivity contribution in [2.45, 2.75) is 46.7 Å². The third-order valence-corrected chi connectivity index (χ3v) is 6.17. The third-order valence-electron chi connectivity index (χ3n) is 6.17. The number of hydrogen-bond acceptors (Lipinski definition) is 2. The molecule has 156 valence electrons. The SMILES string of the molecule is CCN(CC)c1ccc(C[NH+]2CCC(C(=O)NCc3ccc(C)cc3)CC2)cc1. The molecule has 0 aromatic heterocycles. The minimum atomic E-state index is 0.161. The Morgan fingerprint density at radius 1 is 0.966 bits per heavy atom. The van der Waals surface area contributed by atoms with Crippen LogP contribution in [0.4, 0.5) is 5.69 Å². The zero-order valence-corrected chi connectivity index (χ0v) is 18.2. The summed E-state index contributed by atoms with van der Waals surface area (Å²) in [5.74, 6) is 0.377. The Kier molecular flexibility index (Phi) is 7.70. The fraction of sp³-hybridized carbons (Fsp3) is 0.480. The van der Waals surface area contributed by atoms with Crippen molar-refractivity contribution in [1.82, 2.24) is 5.32 Å². The minimum absolute atomic E-state index is 0.161. The van der Waals surface area contributed by atoms with E-state index in [9.17, 15) is 4.79 Å². The van der Waals surface area contributed by atoms with Gasteiger partial charge in [0.15, 0.2) is 0 Å². The lowest BCUT2D eigenvalue weighted by Crippen LogP contribution is -3.11. The van der Waals surface area contributed by atoms with Crippen molar-refractivity contribution in [3.05, 3.63) is 65.2 Å². The quantitative estimate of drug-likeness (QED) is 0.722. The van der Waals surface area contributed by atoms with Crippen LogP contribution in [0.25, 0.3) is 0 Å². The summed E-state index contributed by atoms with van der Waals surface area (Å²) in [4.78, 5) is 16.5. The smallest absolute Gasteiger partial charge is 0.223 e. The van der Waals surface area contributed by atoms with Crippen molar-refractivity contribution in [3.8, 4) is 0 Å². The lowest BCUT2D eigenvalue weighted by atomic mass is 9.95. The summed E-state index contributed by atoms with van der Waals surface area (Å²) in [6.07, 6.45) is 1.96. The molecule has 0 aliphatic carbocycles.